The second-order valence-electron chi connectivity index (χ2n) is 11.1. The molecule has 0 spiro atoms. The first kappa shape index (κ1) is 29.4. The second kappa shape index (κ2) is 11.9. The van der Waals surface area contributed by atoms with Crippen molar-refractivity contribution in [1.82, 2.24) is 24.7 Å². The number of hydrogen-bond donors (Lipinski definition) is 2. The van der Waals surface area contributed by atoms with E-state index in [0.29, 0.717) is 36.2 Å². The van der Waals surface area contributed by atoms with Crippen LogP contribution in [-0.2, 0) is 29.0 Å². The number of likely N-dealkylation sites (N-methyl/N-ethyl adjacent to an activating group) is 1. The zero-order valence-electron chi connectivity index (χ0n) is 24.3. The summed E-state index contributed by atoms with van der Waals surface area (Å²) in [5.74, 6) is -0.208. The third-order valence-electron chi connectivity index (χ3n) is 7.54. The van der Waals surface area contributed by atoms with Gasteiger partial charge in [-0.1, -0.05) is 32.6 Å². The Morgan fingerprint density at radius 1 is 1.32 bits per heavy atom. The number of carbonyl (C=O) groups is 3. The molecule has 0 fully saturated rings. The van der Waals surface area contributed by atoms with Crippen LogP contribution >= 0.6 is 0 Å². The molecule has 41 heavy (non-hydrogen) atoms. The monoisotopic (exact) mass is 559 g/mol. The van der Waals surface area contributed by atoms with E-state index in [1.54, 1.807) is 54.1 Å². The molecule has 11 nitrogen and oxygen atoms in total. The highest BCUT2D eigenvalue weighted by atomic mass is 16.5. The highest BCUT2D eigenvalue weighted by Gasteiger charge is 2.38. The molecule has 2 aromatic heterocycles. The highest BCUT2D eigenvalue weighted by molar-refractivity contribution is 5.98. The van der Waals surface area contributed by atoms with Crippen molar-refractivity contribution in [3.8, 4) is 11.9 Å². The number of fused-ring (bicyclic) bond motifs is 3. The van der Waals surface area contributed by atoms with Gasteiger partial charge < -0.3 is 29.7 Å². The van der Waals surface area contributed by atoms with Crippen molar-refractivity contribution in [2.75, 3.05) is 32.1 Å². The van der Waals surface area contributed by atoms with E-state index in [9.17, 15) is 14.4 Å². The van der Waals surface area contributed by atoms with Gasteiger partial charge in [0.05, 0.1) is 6.54 Å². The van der Waals surface area contributed by atoms with Crippen LogP contribution in [0.1, 0.15) is 49.4 Å². The summed E-state index contributed by atoms with van der Waals surface area (Å²) in [6.07, 6.45) is 3.13. The van der Waals surface area contributed by atoms with Gasteiger partial charge in [-0.3, -0.25) is 14.4 Å². The highest BCUT2D eigenvalue weighted by Crippen LogP contribution is 2.39. The van der Waals surface area contributed by atoms with Gasteiger partial charge in [0.1, 0.15) is 41.6 Å². The lowest BCUT2D eigenvalue weighted by Crippen LogP contribution is -2.53. The summed E-state index contributed by atoms with van der Waals surface area (Å²) in [6, 6.07) is 8.80. The largest absolute Gasteiger partial charge is 0.476 e. The van der Waals surface area contributed by atoms with Crippen molar-refractivity contribution in [3.05, 3.63) is 65.1 Å². The molecule has 11 heteroatoms. The summed E-state index contributed by atoms with van der Waals surface area (Å²) in [5, 5.41) is 14.3. The summed E-state index contributed by atoms with van der Waals surface area (Å²) in [7, 11) is 1.68. The van der Waals surface area contributed by atoms with Crippen LogP contribution in [0, 0.1) is 16.7 Å². The Balaban J connectivity index is 1.36. The molecule has 4 rings (SSSR count). The van der Waals surface area contributed by atoms with Crippen molar-refractivity contribution in [3.63, 3.8) is 0 Å². The molecule has 1 atom stereocenters. The number of nitrogens with one attached hydrogen (secondary N) is 2. The smallest absolute Gasteiger partial charge is 0.272 e. The van der Waals surface area contributed by atoms with E-state index in [4.69, 9.17) is 10.00 Å². The molecular formula is C30H37N7O4. The Bertz CT molecular complexity index is 1450. The molecule has 2 aliphatic rings. The normalized spacial score (nSPS) is 16.2. The van der Waals surface area contributed by atoms with Crippen molar-refractivity contribution in [2.45, 2.75) is 53.2 Å². The zero-order valence-corrected chi connectivity index (χ0v) is 24.3. The van der Waals surface area contributed by atoms with E-state index < -0.39 is 12.1 Å². The first-order chi connectivity index (χ1) is 19.5. The standard InChI is InChI=1S/C30H37N7O4/c1-7-22(33-25-9-8-10-26(34-25)41-14-11-32-27(38)19(2)18-31)28(39)35(6)20(3)36-12-13-37-23(29(36)40)15-21-16-30(4,5)17-24(21)37/h7-10,15,20H,2,11-14,16-17H2,1,3-6H3,(H,32,38)(H,33,34)/b22-7+. The number of carbonyl (C=O) groups excluding carboxylic acids is 3. The number of allylic oxidation sites excluding steroid dienone is 1. The Morgan fingerprint density at radius 3 is 2.78 bits per heavy atom. The third kappa shape index (κ3) is 6.27. The first-order valence-corrected chi connectivity index (χ1v) is 13.7. The van der Waals surface area contributed by atoms with Crippen LogP contribution < -0.4 is 15.4 Å². The fourth-order valence-corrected chi connectivity index (χ4v) is 5.28. The third-order valence-corrected chi connectivity index (χ3v) is 7.54. The summed E-state index contributed by atoms with van der Waals surface area (Å²) in [5.41, 5.74) is 3.57. The van der Waals surface area contributed by atoms with Crippen molar-refractivity contribution < 1.29 is 19.1 Å². The number of nitrogens with zero attached hydrogens (tertiary/aromatic N) is 5. The maximum absolute atomic E-state index is 13.5. The quantitative estimate of drug-likeness (QED) is 0.260. The summed E-state index contributed by atoms with van der Waals surface area (Å²) >= 11 is 0. The van der Waals surface area contributed by atoms with Gasteiger partial charge in [-0.15, -0.1) is 0 Å². The maximum atomic E-state index is 13.5. The van der Waals surface area contributed by atoms with Gasteiger partial charge in [-0.2, -0.15) is 10.2 Å². The van der Waals surface area contributed by atoms with Crippen molar-refractivity contribution in [2.24, 2.45) is 5.41 Å². The van der Waals surface area contributed by atoms with E-state index in [1.807, 2.05) is 13.0 Å². The molecule has 1 unspecified atom stereocenters. The minimum Gasteiger partial charge on any atom is -0.476 e. The Morgan fingerprint density at radius 2 is 2.07 bits per heavy atom. The minimum absolute atomic E-state index is 0.0646. The van der Waals surface area contributed by atoms with Crippen LogP contribution in [-0.4, -0.2) is 70.0 Å². The molecule has 0 bridgehead atoms. The average molecular weight is 560 g/mol. The molecule has 0 saturated carbocycles. The number of nitriles is 1. The second-order valence-corrected chi connectivity index (χ2v) is 11.1. The molecule has 0 saturated heterocycles. The van der Waals surface area contributed by atoms with Crippen LogP contribution in [0.4, 0.5) is 5.82 Å². The number of anilines is 1. The van der Waals surface area contributed by atoms with E-state index >= 15 is 0 Å². The van der Waals surface area contributed by atoms with E-state index in [2.05, 4.69) is 40.6 Å². The van der Waals surface area contributed by atoms with E-state index in [0.717, 1.165) is 12.8 Å². The molecular weight excluding hydrogens is 522 g/mol. The molecule has 2 aromatic rings. The van der Waals surface area contributed by atoms with Gasteiger partial charge in [0.15, 0.2) is 0 Å². The van der Waals surface area contributed by atoms with Crippen LogP contribution in [0.2, 0.25) is 0 Å². The predicted octanol–water partition coefficient (Wildman–Crippen LogP) is 2.86. The molecule has 3 heterocycles. The summed E-state index contributed by atoms with van der Waals surface area (Å²) in [6.45, 7) is 13.0. The summed E-state index contributed by atoms with van der Waals surface area (Å²) < 4.78 is 7.75. The molecule has 1 aliphatic heterocycles. The van der Waals surface area contributed by atoms with Crippen LogP contribution in [0.25, 0.3) is 0 Å². The average Bonchev–Trinajstić information content (AvgIpc) is 3.44. The number of pyridine rings is 1. The van der Waals surface area contributed by atoms with Gasteiger partial charge >= 0.3 is 0 Å². The minimum atomic E-state index is -0.554. The van der Waals surface area contributed by atoms with Crippen LogP contribution in [0.3, 0.4) is 0 Å². The van der Waals surface area contributed by atoms with Gasteiger partial charge in [0.25, 0.3) is 17.7 Å². The SMILES string of the molecule is C=C(C#N)C(=O)NCCOc1cccc(N/C(=C/C)C(=O)N(C)C(C)N2CCn3c(cc4c3CC(C)(C)C4)C2=O)n1. The molecule has 1 aliphatic carbocycles. The Hall–Kier alpha value is -4.59. The molecule has 0 aromatic carbocycles. The maximum Gasteiger partial charge on any atom is 0.272 e. The van der Waals surface area contributed by atoms with Crippen LogP contribution in [0.15, 0.2) is 48.2 Å². The Labute approximate surface area is 240 Å². The fraction of sp³-hybridized carbons (Fsp3) is 0.433. The lowest BCUT2D eigenvalue weighted by molar-refractivity contribution is -0.130. The fourth-order valence-electron chi connectivity index (χ4n) is 5.28. The number of amides is 3. The van der Waals surface area contributed by atoms with Gasteiger partial charge in [-0.05, 0) is 49.8 Å². The van der Waals surface area contributed by atoms with Crippen molar-refractivity contribution >= 4 is 23.5 Å². The zero-order chi connectivity index (χ0) is 29.9. The first-order valence-electron chi connectivity index (χ1n) is 13.7. The molecule has 0 radical (unpaired) electrons. The van der Waals surface area contributed by atoms with E-state index in [-0.39, 0.29) is 36.0 Å². The van der Waals surface area contributed by atoms with Gasteiger partial charge in [-0.25, -0.2) is 0 Å². The summed E-state index contributed by atoms with van der Waals surface area (Å²) in [4.78, 5) is 46.2. The van der Waals surface area contributed by atoms with Gasteiger partial charge in [0.2, 0.25) is 5.88 Å². The topological polar surface area (TPSA) is 133 Å². The van der Waals surface area contributed by atoms with Gasteiger partial charge in [0, 0.05) is 31.9 Å². The number of ether oxygens (including phenoxy) is 1. The lowest BCUT2D eigenvalue weighted by Gasteiger charge is -2.38. The van der Waals surface area contributed by atoms with Crippen molar-refractivity contribution in [1.29, 1.82) is 5.26 Å². The molecule has 216 valence electrons. The van der Waals surface area contributed by atoms with Crippen LogP contribution in [0.5, 0.6) is 5.88 Å². The molecule has 2 N–H and O–H groups in total. The number of rotatable bonds is 10. The number of aromatic nitrogens is 2. The Kier molecular flexibility index (Phi) is 8.52. The van der Waals surface area contributed by atoms with E-state index in [1.165, 1.54) is 11.3 Å². The predicted molar refractivity (Wildman–Crippen MR) is 154 cm³/mol. The lowest BCUT2D eigenvalue weighted by atomic mass is 9.90. The molecule has 3 amide bonds. The number of hydrogen-bond acceptors (Lipinski definition) is 7.